The molecule has 0 spiro atoms. The zero-order chi connectivity index (χ0) is 13.8. The van der Waals surface area contributed by atoms with E-state index in [0.717, 1.165) is 6.54 Å². The van der Waals surface area contributed by atoms with E-state index in [4.69, 9.17) is 0 Å². The average Bonchev–Trinajstić information content (AvgIpc) is 2.89. The summed E-state index contributed by atoms with van der Waals surface area (Å²) in [5.74, 6) is 2.51. The molecule has 0 bridgehead atoms. The van der Waals surface area contributed by atoms with Gasteiger partial charge in [-0.15, -0.1) is 0 Å². The fraction of sp³-hybridized carbons (Fsp3) is 0.600. The second-order valence-electron chi connectivity index (χ2n) is 5.33. The molecule has 2 aromatic heterocycles. The van der Waals surface area contributed by atoms with Crippen molar-refractivity contribution in [3.8, 4) is 11.6 Å². The van der Waals surface area contributed by atoms with E-state index in [1.54, 1.807) is 0 Å². The molecule has 2 heterocycles. The number of unbranched alkanes of at least 4 members (excludes halogenated alkanes) is 3. The second kappa shape index (κ2) is 6.04. The van der Waals surface area contributed by atoms with Gasteiger partial charge >= 0.3 is 11.6 Å². The van der Waals surface area contributed by atoms with Gasteiger partial charge in [-0.2, -0.15) is 0 Å². The molecule has 0 amide bonds. The van der Waals surface area contributed by atoms with Crippen molar-refractivity contribution in [3.05, 3.63) is 24.8 Å². The standard InChI is InChI=1S/C15H26N4/c1-5-6-7-8-9-19-13-12-18(4)15(19)14-16(2)10-11-17(14)3/h10-13H,5-9H2,1-4H3/q+2. The zero-order valence-electron chi connectivity index (χ0n) is 12.6. The van der Waals surface area contributed by atoms with Gasteiger partial charge in [0.05, 0.1) is 27.7 Å². The van der Waals surface area contributed by atoms with Gasteiger partial charge in [0.2, 0.25) is 0 Å². The number of aromatic nitrogens is 4. The number of imidazole rings is 2. The molecule has 0 radical (unpaired) electrons. The number of aryl methyl sites for hydroxylation is 4. The maximum atomic E-state index is 2.37. The molecule has 0 aliphatic heterocycles. The molecular weight excluding hydrogens is 236 g/mol. The lowest BCUT2D eigenvalue weighted by atomic mass is 10.2. The van der Waals surface area contributed by atoms with E-state index in [2.05, 4.69) is 71.1 Å². The molecule has 0 aliphatic carbocycles. The Labute approximate surface area is 115 Å². The van der Waals surface area contributed by atoms with E-state index in [-0.39, 0.29) is 0 Å². The van der Waals surface area contributed by atoms with Gasteiger partial charge in [-0.3, -0.25) is 0 Å². The van der Waals surface area contributed by atoms with Gasteiger partial charge < -0.3 is 0 Å². The molecule has 4 heteroatoms. The molecule has 0 atom stereocenters. The van der Waals surface area contributed by atoms with E-state index in [0.29, 0.717) is 0 Å². The first-order valence-corrected chi connectivity index (χ1v) is 7.21. The Balaban J connectivity index is 2.23. The second-order valence-corrected chi connectivity index (χ2v) is 5.33. The summed E-state index contributed by atoms with van der Waals surface area (Å²) in [4.78, 5) is 0. The van der Waals surface area contributed by atoms with Gasteiger partial charge in [-0.25, -0.2) is 18.3 Å². The van der Waals surface area contributed by atoms with Crippen molar-refractivity contribution in [3.63, 3.8) is 0 Å². The molecule has 0 N–H and O–H groups in total. The maximum Gasteiger partial charge on any atom is 0.373 e. The Morgan fingerprint density at radius 3 is 2.26 bits per heavy atom. The van der Waals surface area contributed by atoms with Gasteiger partial charge in [0.25, 0.3) is 0 Å². The van der Waals surface area contributed by atoms with Crippen molar-refractivity contribution in [2.75, 3.05) is 0 Å². The monoisotopic (exact) mass is 262 g/mol. The third kappa shape index (κ3) is 2.88. The summed E-state index contributed by atoms with van der Waals surface area (Å²) in [5.41, 5.74) is 0. The molecule has 0 aliphatic rings. The van der Waals surface area contributed by atoms with Crippen molar-refractivity contribution in [2.24, 2.45) is 21.1 Å². The van der Waals surface area contributed by atoms with Gasteiger partial charge in [0, 0.05) is 0 Å². The largest absolute Gasteiger partial charge is 0.373 e. The lowest BCUT2D eigenvalue weighted by molar-refractivity contribution is -0.690. The summed E-state index contributed by atoms with van der Waals surface area (Å²) >= 11 is 0. The molecule has 2 aromatic rings. The molecular formula is C15H26N4+2. The minimum atomic E-state index is 1.10. The molecule has 0 unspecified atom stereocenters. The Morgan fingerprint density at radius 1 is 0.947 bits per heavy atom. The van der Waals surface area contributed by atoms with Crippen LogP contribution in [0.1, 0.15) is 32.6 Å². The van der Waals surface area contributed by atoms with Crippen LogP contribution in [0.2, 0.25) is 0 Å². The van der Waals surface area contributed by atoms with Crippen molar-refractivity contribution in [1.82, 2.24) is 9.13 Å². The van der Waals surface area contributed by atoms with Crippen LogP contribution in [0.4, 0.5) is 0 Å². The Hall–Kier alpha value is -1.58. The lowest BCUT2D eigenvalue weighted by Crippen LogP contribution is -2.38. The smallest absolute Gasteiger partial charge is 0.226 e. The summed E-state index contributed by atoms with van der Waals surface area (Å²) in [7, 11) is 6.32. The van der Waals surface area contributed by atoms with Crippen molar-refractivity contribution >= 4 is 0 Å². The van der Waals surface area contributed by atoms with Gasteiger partial charge in [-0.05, 0) is 12.8 Å². The minimum Gasteiger partial charge on any atom is -0.226 e. The van der Waals surface area contributed by atoms with Crippen LogP contribution >= 0.6 is 0 Å². The highest BCUT2D eigenvalue weighted by Crippen LogP contribution is 2.12. The first-order valence-electron chi connectivity index (χ1n) is 7.21. The van der Waals surface area contributed by atoms with Crippen LogP contribution in [0.3, 0.4) is 0 Å². The van der Waals surface area contributed by atoms with Crippen LogP contribution in [0.25, 0.3) is 11.6 Å². The third-order valence-corrected chi connectivity index (χ3v) is 3.71. The average molecular weight is 262 g/mol. The molecule has 0 saturated heterocycles. The zero-order valence-corrected chi connectivity index (χ0v) is 12.6. The van der Waals surface area contributed by atoms with Crippen LogP contribution in [0.5, 0.6) is 0 Å². The van der Waals surface area contributed by atoms with Crippen molar-refractivity contribution in [2.45, 2.75) is 39.2 Å². The highest BCUT2D eigenvalue weighted by Gasteiger charge is 2.28. The molecule has 104 valence electrons. The lowest BCUT2D eigenvalue weighted by Gasteiger charge is -2.01. The summed E-state index contributed by atoms with van der Waals surface area (Å²) in [6.45, 7) is 3.35. The van der Waals surface area contributed by atoms with Crippen LogP contribution in [0, 0.1) is 0 Å². The Kier molecular flexibility index (Phi) is 4.40. The normalized spacial score (nSPS) is 11.2. The predicted molar refractivity (Wildman–Crippen MR) is 75.3 cm³/mol. The van der Waals surface area contributed by atoms with Crippen molar-refractivity contribution in [1.29, 1.82) is 0 Å². The van der Waals surface area contributed by atoms with E-state index >= 15 is 0 Å². The van der Waals surface area contributed by atoms with E-state index < -0.39 is 0 Å². The van der Waals surface area contributed by atoms with Crippen molar-refractivity contribution < 1.29 is 9.13 Å². The third-order valence-electron chi connectivity index (χ3n) is 3.71. The quantitative estimate of drug-likeness (QED) is 0.557. The highest BCUT2D eigenvalue weighted by atomic mass is 15.2. The van der Waals surface area contributed by atoms with Crippen LogP contribution in [-0.2, 0) is 27.7 Å². The predicted octanol–water partition coefficient (Wildman–Crippen LogP) is 1.72. The van der Waals surface area contributed by atoms with E-state index in [9.17, 15) is 0 Å². The van der Waals surface area contributed by atoms with Gasteiger partial charge in [0.1, 0.15) is 24.8 Å². The van der Waals surface area contributed by atoms with Crippen LogP contribution < -0.4 is 9.13 Å². The first-order chi connectivity index (χ1) is 9.15. The van der Waals surface area contributed by atoms with Gasteiger partial charge in [-0.1, -0.05) is 19.8 Å². The fourth-order valence-electron chi connectivity index (χ4n) is 2.61. The van der Waals surface area contributed by atoms with Crippen LogP contribution in [-0.4, -0.2) is 9.13 Å². The molecule has 19 heavy (non-hydrogen) atoms. The van der Waals surface area contributed by atoms with Crippen LogP contribution in [0.15, 0.2) is 24.8 Å². The summed E-state index contributed by atoms with van der Waals surface area (Å²) < 4.78 is 8.93. The number of rotatable bonds is 6. The molecule has 4 nitrogen and oxygen atoms in total. The Morgan fingerprint density at radius 2 is 1.63 bits per heavy atom. The molecule has 0 fully saturated rings. The fourth-order valence-corrected chi connectivity index (χ4v) is 2.61. The Bertz CT molecular complexity index is 517. The molecule has 2 rings (SSSR count). The topological polar surface area (TPSA) is 17.6 Å². The number of nitrogens with zero attached hydrogens (tertiary/aromatic N) is 4. The highest BCUT2D eigenvalue weighted by molar-refractivity contribution is 5.35. The number of hydrogen-bond acceptors (Lipinski definition) is 0. The van der Waals surface area contributed by atoms with E-state index in [1.165, 1.54) is 37.3 Å². The van der Waals surface area contributed by atoms with Gasteiger partial charge in [0.15, 0.2) is 0 Å². The number of hydrogen-bond donors (Lipinski definition) is 0. The minimum absolute atomic E-state index is 1.10. The summed E-state index contributed by atoms with van der Waals surface area (Å²) in [6, 6.07) is 0. The summed E-state index contributed by atoms with van der Waals surface area (Å²) in [6.07, 6.45) is 13.7. The SMILES string of the molecule is CCCCCCn1cc[n+](C)c1-c1n(C)cc[n+]1C. The molecule has 0 aromatic carbocycles. The maximum absolute atomic E-state index is 2.37. The summed E-state index contributed by atoms with van der Waals surface area (Å²) in [5, 5.41) is 0. The first kappa shape index (κ1) is 13.8. The van der Waals surface area contributed by atoms with E-state index in [1.807, 2.05) is 0 Å². The molecule has 0 saturated carbocycles.